The first-order chi connectivity index (χ1) is 15.0. The lowest BCUT2D eigenvalue weighted by molar-refractivity contribution is 0.0624. The Morgan fingerprint density at radius 2 is 1.84 bits per heavy atom. The summed E-state index contributed by atoms with van der Waals surface area (Å²) in [5, 5.41) is 9.53. The van der Waals surface area contributed by atoms with Gasteiger partial charge in [-0.25, -0.2) is 4.98 Å². The van der Waals surface area contributed by atoms with Gasteiger partial charge in [-0.3, -0.25) is 9.69 Å². The van der Waals surface area contributed by atoms with E-state index in [0.717, 1.165) is 34.5 Å². The number of benzene rings is 2. The maximum Gasteiger partial charge on any atom is 0.255 e. The van der Waals surface area contributed by atoms with E-state index in [-0.39, 0.29) is 5.91 Å². The van der Waals surface area contributed by atoms with Crippen LogP contribution in [0.2, 0.25) is 5.02 Å². The van der Waals surface area contributed by atoms with Crippen molar-refractivity contribution >= 4 is 40.1 Å². The summed E-state index contributed by atoms with van der Waals surface area (Å²) in [6, 6.07) is 15.2. The molecule has 2 heterocycles. The second-order valence-electron chi connectivity index (χ2n) is 7.51. The van der Waals surface area contributed by atoms with Crippen molar-refractivity contribution in [1.82, 2.24) is 19.4 Å². The maximum atomic E-state index is 12.9. The van der Waals surface area contributed by atoms with Crippen LogP contribution in [-0.2, 0) is 13.1 Å². The highest BCUT2D eigenvalue weighted by Crippen LogP contribution is 2.21. The molecule has 0 N–H and O–H groups in total. The second-order valence-corrected chi connectivity index (χ2v) is 9.11. The molecule has 1 aliphatic rings. The van der Waals surface area contributed by atoms with Crippen LogP contribution in [0.1, 0.15) is 27.2 Å². The summed E-state index contributed by atoms with van der Waals surface area (Å²) in [5.74, 6) is 0.0393. The summed E-state index contributed by atoms with van der Waals surface area (Å²) in [6.07, 6.45) is 3.74. The molecule has 1 aromatic heterocycles. The largest absolute Gasteiger partial charge is 0.336 e. The topological polar surface area (TPSA) is 65.2 Å². The monoisotopic (exact) mass is 545 g/mol. The zero-order chi connectivity index (χ0) is 21.8. The van der Waals surface area contributed by atoms with Crippen molar-refractivity contribution in [1.29, 1.82) is 5.26 Å². The molecule has 31 heavy (non-hydrogen) atoms. The van der Waals surface area contributed by atoms with Crippen LogP contribution in [0.15, 0.2) is 55.0 Å². The lowest BCUT2D eigenvalue weighted by Crippen LogP contribution is -2.48. The number of carbonyl (C=O) groups excluding carboxylic acids is 1. The molecular formula is C23H21ClIN5O. The Morgan fingerprint density at radius 1 is 1.10 bits per heavy atom. The summed E-state index contributed by atoms with van der Waals surface area (Å²) in [5.41, 5.74) is 3.59. The first-order valence-corrected chi connectivity index (χ1v) is 11.4. The Bertz CT molecular complexity index is 1110. The van der Waals surface area contributed by atoms with Crippen LogP contribution in [0.4, 0.5) is 0 Å². The van der Waals surface area contributed by atoms with Gasteiger partial charge in [-0.2, -0.15) is 5.26 Å². The third kappa shape index (κ3) is 5.26. The van der Waals surface area contributed by atoms with Crippen LogP contribution in [0.25, 0.3) is 0 Å². The van der Waals surface area contributed by atoms with E-state index in [2.05, 4.69) is 43.1 Å². The summed E-state index contributed by atoms with van der Waals surface area (Å²) >= 11 is 8.27. The molecule has 0 spiro atoms. The summed E-state index contributed by atoms with van der Waals surface area (Å²) < 4.78 is 3.05. The molecule has 4 rings (SSSR count). The molecule has 0 radical (unpaired) electrons. The van der Waals surface area contributed by atoms with Crippen molar-refractivity contribution in [2.24, 2.45) is 0 Å². The molecule has 0 atom stereocenters. The minimum absolute atomic E-state index is 0.0393. The molecule has 0 unspecified atom stereocenters. The van der Waals surface area contributed by atoms with E-state index in [1.54, 1.807) is 12.1 Å². The first kappa shape index (κ1) is 21.8. The smallest absolute Gasteiger partial charge is 0.255 e. The molecule has 0 bridgehead atoms. The van der Waals surface area contributed by atoms with Crippen LogP contribution in [-0.4, -0.2) is 51.4 Å². The third-order valence-corrected chi connectivity index (χ3v) is 6.61. The Balaban J connectivity index is 1.35. The molecule has 158 valence electrons. The van der Waals surface area contributed by atoms with Gasteiger partial charge in [0.25, 0.3) is 5.91 Å². The van der Waals surface area contributed by atoms with Gasteiger partial charge in [0, 0.05) is 54.1 Å². The fraction of sp³-hybridized carbons (Fsp3) is 0.261. The van der Waals surface area contributed by atoms with E-state index in [1.807, 2.05) is 47.8 Å². The second kappa shape index (κ2) is 9.81. The van der Waals surface area contributed by atoms with Gasteiger partial charge >= 0.3 is 0 Å². The van der Waals surface area contributed by atoms with Gasteiger partial charge in [-0.15, -0.1) is 0 Å². The van der Waals surface area contributed by atoms with Gasteiger partial charge in [0.15, 0.2) is 0 Å². The number of hydrogen-bond donors (Lipinski definition) is 0. The van der Waals surface area contributed by atoms with Crippen LogP contribution < -0.4 is 0 Å². The Labute approximate surface area is 200 Å². The third-order valence-electron chi connectivity index (χ3n) is 5.44. The number of imidazole rings is 1. The predicted octanol–water partition coefficient (Wildman–Crippen LogP) is 4.02. The van der Waals surface area contributed by atoms with Crippen LogP contribution >= 0.6 is 34.2 Å². The fourth-order valence-corrected chi connectivity index (χ4v) is 4.41. The number of nitriles is 1. The molecular weight excluding hydrogens is 525 g/mol. The molecule has 1 saturated heterocycles. The quantitative estimate of drug-likeness (QED) is 0.455. The molecule has 0 aliphatic carbocycles. The van der Waals surface area contributed by atoms with Gasteiger partial charge in [0.1, 0.15) is 0 Å². The Kier molecular flexibility index (Phi) is 6.90. The molecule has 2 aromatic carbocycles. The molecule has 8 heteroatoms. The molecule has 1 aliphatic heterocycles. The number of halogens is 2. The molecule has 1 amide bonds. The van der Waals surface area contributed by atoms with E-state index in [9.17, 15) is 4.79 Å². The number of aromatic nitrogens is 2. The van der Waals surface area contributed by atoms with Gasteiger partial charge in [0.05, 0.1) is 29.2 Å². The number of carbonyl (C=O) groups is 1. The highest BCUT2D eigenvalue weighted by atomic mass is 127. The first-order valence-electron chi connectivity index (χ1n) is 9.98. The molecule has 6 nitrogen and oxygen atoms in total. The van der Waals surface area contributed by atoms with E-state index in [0.29, 0.717) is 35.8 Å². The Morgan fingerprint density at radius 3 is 2.55 bits per heavy atom. The van der Waals surface area contributed by atoms with Crippen LogP contribution in [0, 0.1) is 14.9 Å². The lowest BCUT2D eigenvalue weighted by Gasteiger charge is -2.35. The number of piperazine rings is 1. The summed E-state index contributed by atoms with van der Waals surface area (Å²) in [7, 11) is 0. The zero-order valence-electron chi connectivity index (χ0n) is 16.8. The summed E-state index contributed by atoms with van der Waals surface area (Å²) in [6.45, 7) is 4.49. The van der Waals surface area contributed by atoms with Crippen LogP contribution in [0.5, 0.6) is 0 Å². The highest BCUT2D eigenvalue weighted by molar-refractivity contribution is 14.1. The van der Waals surface area contributed by atoms with Crippen molar-refractivity contribution in [2.45, 2.75) is 13.1 Å². The normalized spacial score (nSPS) is 14.4. The molecule has 3 aromatic rings. The molecule has 0 saturated carbocycles. The maximum absolute atomic E-state index is 12.9. The van der Waals surface area contributed by atoms with Crippen molar-refractivity contribution in [3.63, 3.8) is 0 Å². The van der Waals surface area contributed by atoms with Crippen LogP contribution in [0.3, 0.4) is 0 Å². The van der Waals surface area contributed by atoms with Crippen molar-refractivity contribution in [3.8, 4) is 6.07 Å². The predicted molar refractivity (Wildman–Crippen MR) is 128 cm³/mol. The number of amides is 1. The standard InChI is InChI=1S/C23H21ClIN5O/c24-19-5-6-22(25)21(11-19)23(31)29-9-7-28(8-10-29)15-20-13-27-16-30(20)14-18-3-1-17(12-26)2-4-18/h1-6,11,13,16H,7-10,14-15H2. The molecule has 1 fully saturated rings. The van der Waals surface area contributed by atoms with E-state index < -0.39 is 0 Å². The fourth-order valence-electron chi connectivity index (χ4n) is 3.67. The average molecular weight is 546 g/mol. The minimum Gasteiger partial charge on any atom is -0.336 e. The zero-order valence-corrected chi connectivity index (χ0v) is 19.8. The number of hydrogen-bond acceptors (Lipinski definition) is 4. The van der Waals surface area contributed by atoms with Crippen molar-refractivity contribution < 1.29 is 4.79 Å². The Hall–Kier alpha value is -2.41. The summed E-state index contributed by atoms with van der Waals surface area (Å²) in [4.78, 5) is 21.5. The van der Waals surface area contributed by atoms with Gasteiger partial charge in [-0.1, -0.05) is 23.7 Å². The minimum atomic E-state index is 0.0393. The number of rotatable bonds is 5. The van der Waals surface area contributed by atoms with E-state index in [1.165, 1.54) is 0 Å². The average Bonchev–Trinajstić information content (AvgIpc) is 3.22. The van der Waals surface area contributed by atoms with Gasteiger partial charge in [-0.05, 0) is 58.5 Å². The highest BCUT2D eigenvalue weighted by Gasteiger charge is 2.24. The van der Waals surface area contributed by atoms with Gasteiger partial charge in [0.2, 0.25) is 0 Å². The number of nitrogens with zero attached hydrogens (tertiary/aromatic N) is 5. The lowest BCUT2D eigenvalue weighted by atomic mass is 10.1. The van der Waals surface area contributed by atoms with Gasteiger partial charge < -0.3 is 9.47 Å². The van der Waals surface area contributed by atoms with Crippen molar-refractivity contribution in [3.05, 3.63) is 86.0 Å². The van der Waals surface area contributed by atoms with Crippen molar-refractivity contribution in [2.75, 3.05) is 26.2 Å². The van der Waals surface area contributed by atoms with E-state index >= 15 is 0 Å². The van der Waals surface area contributed by atoms with E-state index in [4.69, 9.17) is 16.9 Å². The SMILES string of the molecule is N#Cc1ccc(Cn2cncc2CN2CCN(C(=O)c3cc(Cl)ccc3I)CC2)cc1.